The van der Waals surface area contributed by atoms with Gasteiger partial charge in [0.05, 0.1) is 12.1 Å². The first-order valence-corrected chi connectivity index (χ1v) is 18.4. The molecule has 0 spiro atoms. The van der Waals surface area contributed by atoms with Crippen molar-refractivity contribution in [2.75, 3.05) is 6.54 Å². The van der Waals surface area contributed by atoms with Crippen molar-refractivity contribution in [3.8, 4) is 17.4 Å². The van der Waals surface area contributed by atoms with Gasteiger partial charge in [0.15, 0.2) is 5.82 Å². The second kappa shape index (κ2) is 14.3. The van der Waals surface area contributed by atoms with Crippen molar-refractivity contribution in [1.82, 2.24) is 30.5 Å². The molecule has 3 amide bonds. The molecule has 3 fully saturated rings. The lowest BCUT2D eigenvalue weighted by Gasteiger charge is -2.29. The van der Waals surface area contributed by atoms with Crippen LogP contribution in [0.5, 0.6) is 5.88 Å². The Morgan fingerprint density at radius 2 is 1.90 bits per heavy atom. The number of pyridine rings is 1. The van der Waals surface area contributed by atoms with E-state index in [1.165, 1.54) is 16.2 Å². The predicted molar refractivity (Wildman–Crippen MR) is 184 cm³/mol. The Labute approximate surface area is 293 Å². The highest BCUT2D eigenvalue weighted by atomic mass is 32.1. The largest absolute Gasteiger partial charge is 0.479 e. The fourth-order valence-corrected chi connectivity index (χ4v) is 8.25. The van der Waals surface area contributed by atoms with Gasteiger partial charge in [-0.3, -0.25) is 14.6 Å². The molecule has 1 saturated heterocycles. The van der Waals surface area contributed by atoms with Crippen molar-refractivity contribution < 1.29 is 33.8 Å². The smallest absolute Gasteiger partial charge is 0.408 e. The number of carboxylic acid groups (broad SMARTS) is 1. The molecule has 3 N–H and O–H groups in total. The first kappa shape index (κ1) is 33.9. The average molecular weight is 703 g/mol. The number of aromatic nitrogens is 3. The second-order valence-electron chi connectivity index (χ2n) is 13.8. The number of hydrogen-bond acceptors (Lipinski definition) is 10. The van der Waals surface area contributed by atoms with Crippen LogP contribution in [0.15, 0.2) is 41.9 Å². The van der Waals surface area contributed by atoms with Crippen molar-refractivity contribution >= 4 is 45.4 Å². The fourth-order valence-electron chi connectivity index (χ4n) is 7.33. The summed E-state index contributed by atoms with van der Waals surface area (Å²) in [5.41, 5.74) is 0.815. The number of nitrogens with zero attached hydrogens (tertiary/aromatic N) is 4. The van der Waals surface area contributed by atoms with Gasteiger partial charge in [-0.1, -0.05) is 31.1 Å². The Balaban J connectivity index is 1.19. The number of hydrogen-bond donors (Lipinski definition) is 3. The van der Waals surface area contributed by atoms with Gasteiger partial charge < -0.3 is 30.1 Å². The molecule has 13 nitrogen and oxygen atoms in total. The zero-order chi connectivity index (χ0) is 34.8. The molecule has 5 atom stereocenters. The molecule has 264 valence electrons. The van der Waals surface area contributed by atoms with E-state index in [0.717, 1.165) is 60.7 Å². The SMILES string of the molecule is Cc1csc2c(O[C@@H]3C[C@H]4C(=O)N[C@]5(C(=O)O)C[C@@H]5/C=C\CCCCC[C@H](NC(=O)OC5CCCC5)C(=O)N4C3)nc(-c3ccccn3)nc12. The molecule has 50 heavy (non-hydrogen) atoms. The standard InChI is InChI=1S/C36H42N6O7S/c1-21-20-50-29-28(21)39-30(25-14-9-10-16-37-25)40-32(29)48-24-17-27-31(43)41-36(34(45)46)18-22(36)11-5-3-2-4-6-15-26(33(44)42(27)19-24)38-35(47)49-23-12-7-8-13-23/h5,9-11,14,16,20,22-24,26-27H,2-4,6-8,12-13,15,17-19H2,1H3,(H,38,47)(H,41,43)(H,45,46)/b11-5-/t22-,24+,26-,27-,36+/m0/s1. The molecular formula is C36H42N6O7S. The molecule has 2 saturated carbocycles. The highest BCUT2D eigenvalue weighted by Gasteiger charge is 2.61. The van der Waals surface area contributed by atoms with Gasteiger partial charge in [0.25, 0.3) is 0 Å². The van der Waals surface area contributed by atoms with Crippen LogP contribution in [0.2, 0.25) is 0 Å². The first-order chi connectivity index (χ1) is 24.2. The maximum atomic E-state index is 14.4. The summed E-state index contributed by atoms with van der Waals surface area (Å²) in [5.74, 6) is -1.75. The normalized spacial score (nSPS) is 28.1. The number of alkyl carbamates (subject to hydrolysis) is 1. The number of aliphatic carboxylic acids is 1. The third-order valence-corrected chi connectivity index (χ3v) is 11.3. The first-order valence-electron chi connectivity index (χ1n) is 17.6. The minimum absolute atomic E-state index is 0.0327. The van der Waals surface area contributed by atoms with E-state index in [1.807, 2.05) is 42.7 Å². The van der Waals surface area contributed by atoms with Gasteiger partial charge in [-0.05, 0) is 81.4 Å². The van der Waals surface area contributed by atoms with E-state index in [9.17, 15) is 24.3 Å². The van der Waals surface area contributed by atoms with E-state index in [2.05, 4.69) is 15.6 Å². The summed E-state index contributed by atoms with van der Waals surface area (Å²) in [5, 5.41) is 17.8. The van der Waals surface area contributed by atoms with Gasteiger partial charge in [-0.25, -0.2) is 14.6 Å². The third-order valence-electron chi connectivity index (χ3n) is 10.2. The summed E-state index contributed by atoms with van der Waals surface area (Å²) < 4.78 is 12.9. The van der Waals surface area contributed by atoms with Gasteiger partial charge >= 0.3 is 12.1 Å². The zero-order valence-corrected chi connectivity index (χ0v) is 28.8. The number of rotatable bonds is 6. The maximum absolute atomic E-state index is 14.4. The van der Waals surface area contributed by atoms with Crippen LogP contribution in [-0.4, -0.2) is 85.2 Å². The minimum atomic E-state index is -1.44. The number of thiophene rings is 1. The van der Waals surface area contributed by atoms with Crippen LogP contribution in [0.1, 0.15) is 76.2 Å². The van der Waals surface area contributed by atoms with Crippen molar-refractivity contribution in [3.63, 3.8) is 0 Å². The maximum Gasteiger partial charge on any atom is 0.408 e. The topological polar surface area (TPSA) is 173 Å². The molecule has 0 unspecified atom stereocenters. The van der Waals surface area contributed by atoms with E-state index in [4.69, 9.17) is 19.4 Å². The minimum Gasteiger partial charge on any atom is -0.479 e. The monoisotopic (exact) mass is 702 g/mol. The molecule has 0 radical (unpaired) electrons. The molecule has 5 heterocycles. The van der Waals surface area contributed by atoms with Crippen molar-refractivity contribution in [2.45, 2.75) is 107 Å². The average Bonchev–Trinajstić information content (AvgIpc) is 3.47. The molecule has 0 aromatic carbocycles. The van der Waals surface area contributed by atoms with Crippen LogP contribution in [0.4, 0.5) is 4.79 Å². The van der Waals surface area contributed by atoms with Gasteiger partial charge in [-0.15, -0.1) is 11.3 Å². The Bertz CT molecular complexity index is 1790. The van der Waals surface area contributed by atoms with Crippen LogP contribution in [0, 0.1) is 12.8 Å². The summed E-state index contributed by atoms with van der Waals surface area (Å²) in [4.78, 5) is 69.3. The molecular weight excluding hydrogens is 660 g/mol. The number of allylic oxidation sites excluding steroid dienone is 1. The summed E-state index contributed by atoms with van der Waals surface area (Å²) >= 11 is 1.44. The third kappa shape index (κ3) is 7.03. The van der Waals surface area contributed by atoms with Crippen LogP contribution in [0.25, 0.3) is 21.7 Å². The molecule has 3 aromatic rings. The lowest BCUT2D eigenvalue weighted by Crippen LogP contribution is -2.56. The molecule has 7 rings (SSSR count). The quantitative estimate of drug-likeness (QED) is 0.299. The van der Waals surface area contributed by atoms with E-state index in [1.54, 1.807) is 6.20 Å². The van der Waals surface area contributed by atoms with Crippen LogP contribution in [-0.2, 0) is 19.1 Å². The Morgan fingerprint density at radius 1 is 1.08 bits per heavy atom. The van der Waals surface area contributed by atoms with E-state index < -0.39 is 47.6 Å². The number of carboxylic acids is 1. The number of fused-ring (bicyclic) bond motifs is 3. The van der Waals surface area contributed by atoms with Crippen LogP contribution >= 0.6 is 11.3 Å². The molecule has 2 aliphatic carbocycles. The van der Waals surface area contributed by atoms with Gasteiger partial charge in [0, 0.05) is 18.5 Å². The summed E-state index contributed by atoms with van der Waals surface area (Å²) in [6.45, 7) is 1.99. The Morgan fingerprint density at radius 3 is 2.68 bits per heavy atom. The van der Waals surface area contributed by atoms with Gasteiger partial charge in [-0.2, -0.15) is 4.98 Å². The second-order valence-corrected chi connectivity index (χ2v) is 14.7. The predicted octanol–water partition coefficient (Wildman–Crippen LogP) is 4.93. The van der Waals surface area contributed by atoms with Gasteiger partial charge in [0.1, 0.15) is 40.2 Å². The van der Waals surface area contributed by atoms with Crippen molar-refractivity contribution in [3.05, 3.63) is 47.5 Å². The zero-order valence-electron chi connectivity index (χ0n) is 28.0. The summed E-state index contributed by atoms with van der Waals surface area (Å²) in [6.07, 6.45) is 11.4. The lowest BCUT2D eigenvalue weighted by atomic mass is 10.0. The number of carbonyl (C=O) groups excluding carboxylic acids is 3. The highest BCUT2D eigenvalue weighted by Crippen LogP contribution is 2.45. The number of amides is 3. The Kier molecular flexibility index (Phi) is 9.71. The molecule has 3 aromatic heterocycles. The van der Waals surface area contributed by atoms with E-state index in [-0.39, 0.29) is 31.4 Å². The highest BCUT2D eigenvalue weighted by molar-refractivity contribution is 7.17. The summed E-state index contributed by atoms with van der Waals surface area (Å²) in [6, 6.07) is 3.50. The number of aryl methyl sites for hydroxylation is 1. The number of ether oxygens (including phenoxy) is 2. The van der Waals surface area contributed by atoms with E-state index in [0.29, 0.717) is 30.2 Å². The molecule has 0 bridgehead atoms. The number of carbonyl (C=O) groups is 4. The van der Waals surface area contributed by atoms with Crippen LogP contribution in [0.3, 0.4) is 0 Å². The summed E-state index contributed by atoms with van der Waals surface area (Å²) in [7, 11) is 0. The molecule has 14 heteroatoms. The Hall–Kier alpha value is -4.59. The van der Waals surface area contributed by atoms with Crippen LogP contribution < -0.4 is 15.4 Å². The fraction of sp³-hybridized carbons (Fsp3) is 0.528. The molecule has 4 aliphatic rings. The van der Waals surface area contributed by atoms with Gasteiger partial charge in [0.2, 0.25) is 17.7 Å². The van der Waals surface area contributed by atoms with Crippen molar-refractivity contribution in [1.29, 1.82) is 0 Å². The van der Waals surface area contributed by atoms with E-state index >= 15 is 0 Å². The number of nitrogens with one attached hydrogen (secondary N) is 2. The lowest BCUT2D eigenvalue weighted by molar-refractivity contribution is -0.145. The molecule has 2 aliphatic heterocycles. The van der Waals surface area contributed by atoms with Crippen molar-refractivity contribution in [2.24, 2.45) is 5.92 Å².